The molecule has 0 fully saturated rings. The Morgan fingerprint density at radius 2 is 1.67 bits per heavy atom. The number of hydrogen-bond donors (Lipinski definition) is 0. The van der Waals surface area contributed by atoms with Crippen LogP contribution in [0.25, 0.3) is 0 Å². The van der Waals surface area contributed by atoms with Gasteiger partial charge in [-0.25, -0.2) is 0 Å². The van der Waals surface area contributed by atoms with Crippen LogP contribution in [0.1, 0.15) is 27.2 Å². The normalized spacial score (nSPS) is 14.3. The molecule has 2 nitrogen and oxygen atoms in total. The molecule has 18 heavy (non-hydrogen) atoms. The molecule has 0 aromatic rings. The molecule has 1 unspecified atom stereocenters. The molecule has 0 heterocycles. The van der Waals surface area contributed by atoms with E-state index in [4.69, 9.17) is 49.0 Å². The van der Waals surface area contributed by atoms with Crippen LogP contribution in [0.5, 0.6) is 0 Å². The van der Waals surface area contributed by atoms with Gasteiger partial charge in [0.25, 0.3) is 0 Å². The van der Waals surface area contributed by atoms with Crippen molar-refractivity contribution in [1.29, 1.82) is 0 Å². The van der Waals surface area contributed by atoms with Crippen molar-refractivity contribution in [3.8, 4) is 12.3 Å². The van der Waals surface area contributed by atoms with Gasteiger partial charge in [-0.1, -0.05) is 0 Å². The van der Waals surface area contributed by atoms with Crippen molar-refractivity contribution in [2.75, 3.05) is 6.61 Å². The molecule has 0 aromatic heterocycles. The summed E-state index contributed by atoms with van der Waals surface area (Å²) in [7, 11) is 0. The van der Waals surface area contributed by atoms with E-state index in [0.717, 1.165) is 13.3 Å². The molecule has 0 spiro atoms. The second-order valence-electron chi connectivity index (χ2n) is 4.06. The number of rotatable bonds is 8. The molecular weight excluding hydrogens is 401 g/mol. The third-order valence-corrected chi connectivity index (χ3v) is 16.7. The standard InChI is InChI=1S/C6H6Cl3O2.3C2H5.Sn/c1-2-3-4-11-5(10)6(7,8)9;3*1-2;/h1,5H,3-4H2;3*1H2,2H3;/q-1;;;;+1. The molecule has 0 N–H and O–H groups in total. The minimum absolute atomic E-state index is 0.341. The van der Waals surface area contributed by atoms with Crippen LogP contribution >= 0.6 is 34.8 Å². The Labute approximate surface area is 130 Å². The molecule has 0 saturated heterocycles. The zero-order valence-corrected chi connectivity index (χ0v) is 16.3. The quantitative estimate of drug-likeness (QED) is 0.185. The molecule has 0 saturated carbocycles. The Balaban J connectivity index is 4.72. The molecule has 1 atom stereocenters. The van der Waals surface area contributed by atoms with Crippen molar-refractivity contribution in [3.05, 3.63) is 0 Å². The van der Waals surface area contributed by atoms with Gasteiger partial charge in [0.15, 0.2) is 0 Å². The molecule has 0 radical (unpaired) electrons. The minimum atomic E-state index is -2.67. The Hall–Kier alpha value is 1.15. The summed E-state index contributed by atoms with van der Waals surface area (Å²) in [6, 6.07) is 0. The zero-order chi connectivity index (χ0) is 14.2. The molecule has 0 rings (SSSR count). The Kier molecular flexibility index (Phi) is 9.74. The van der Waals surface area contributed by atoms with E-state index in [2.05, 4.69) is 26.7 Å². The average molecular weight is 422 g/mol. The van der Waals surface area contributed by atoms with Crippen LogP contribution in [-0.4, -0.2) is 35.5 Å². The van der Waals surface area contributed by atoms with Crippen LogP contribution in [-0.2, 0) is 7.81 Å². The first-order chi connectivity index (χ1) is 8.35. The first kappa shape index (κ1) is 19.1. The van der Waals surface area contributed by atoms with Crippen molar-refractivity contribution in [1.82, 2.24) is 0 Å². The van der Waals surface area contributed by atoms with E-state index in [-0.39, 0.29) is 0 Å². The van der Waals surface area contributed by atoms with Crippen molar-refractivity contribution >= 4 is 53.6 Å². The average Bonchev–Trinajstić information content (AvgIpc) is 2.33. The van der Waals surface area contributed by atoms with Gasteiger partial charge in [0.1, 0.15) is 0 Å². The first-order valence-corrected chi connectivity index (χ1v) is 14.5. The summed E-state index contributed by atoms with van der Waals surface area (Å²) in [5.41, 5.74) is 0. The fraction of sp³-hybridized carbons (Fsp3) is 0.833. The monoisotopic (exact) mass is 422 g/mol. The summed E-state index contributed by atoms with van der Waals surface area (Å²) in [6.45, 7) is 6.76. The molecule has 0 aliphatic rings. The molecule has 0 amide bonds. The van der Waals surface area contributed by atoms with Crippen molar-refractivity contribution in [2.45, 2.75) is 50.6 Å². The van der Waals surface area contributed by atoms with Gasteiger partial charge >= 0.3 is 131 Å². The summed E-state index contributed by atoms with van der Waals surface area (Å²) in [6.07, 6.45) is 4.84. The van der Waals surface area contributed by atoms with Crippen LogP contribution in [0.2, 0.25) is 13.3 Å². The summed E-state index contributed by atoms with van der Waals surface area (Å²) in [5.74, 6) is 2.49. The van der Waals surface area contributed by atoms with E-state index in [1.165, 1.54) is 0 Å². The molecular formula is C12H21Cl3O2Sn. The SMILES string of the molecule is C#CCCOC([O][Sn]([CH2]C)([CH2]C)[CH2]C)C(Cl)(Cl)Cl. The molecule has 106 valence electrons. The van der Waals surface area contributed by atoms with E-state index in [1.807, 2.05) is 0 Å². The second kappa shape index (κ2) is 9.15. The van der Waals surface area contributed by atoms with Crippen LogP contribution in [0.15, 0.2) is 0 Å². The molecule has 6 heteroatoms. The summed E-state index contributed by atoms with van der Waals surface area (Å²) >= 11 is 15.1. The van der Waals surface area contributed by atoms with Gasteiger partial charge in [0, 0.05) is 0 Å². The van der Waals surface area contributed by atoms with Gasteiger partial charge in [-0.15, -0.1) is 0 Å². The molecule has 0 aromatic carbocycles. The van der Waals surface area contributed by atoms with Crippen LogP contribution in [0.4, 0.5) is 0 Å². The number of alkyl halides is 3. The van der Waals surface area contributed by atoms with Crippen LogP contribution in [0, 0.1) is 12.3 Å². The van der Waals surface area contributed by atoms with Crippen LogP contribution < -0.4 is 0 Å². The van der Waals surface area contributed by atoms with E-state index in [0.29, 0.717) is 13.0 Å². The van der Waals surface area contributed by atoms with Crippen molar-refractivity contribution in [3.63, 3.8) is 0 Å². The van der Waals surface area contributed by atoms with Crippen molar-refractivity contribution < 1.29 is 7.81 Å². The van der Waals surface area contributed by atoms with Gasteiger partial charge in [-0.2, -0.15) is 0 Å². The Morgan fingerprint density at radius 1 is 1.17 bits per heavy atom. The van der Waals surface area contributed by atoms with Crippen LogP contribution in [0.3, 0.4) is 0 Å². The van der Waals surface area contributed by atoms with E-state index < -0.39 is 28.9 Å². The topological polar surface area (TPSA) is 18.5 Å². The van der Waals surface area contributed by atoms with Crippen molar-refractivity contribution in [2.24, 2.45) is 0 Å². The Morgan fingerprint density at radius 3 is 2.00 bits per heavy atom. The predicted octanol–water partition coefficient (Wildman–Crippen LogP) is 4.74. The Bertz CT molecular complexity index is 261. The molecule has 0 aliphatic carbocycles. The maximum atomic E-state index is 6.12. The van der Waals surface area contributed by atoms with Gasteiger partial charge in [-0.3, -0.25) is 0 Å². The molecule has 0 aliphatic heterocycles. The van der Waals surface area contributed by atoms with E-state index >= 15 is 0 Å². The third-order valence-electron chi connectivity index (χ3n) is 3.07. The first-order valence-electron chi connectivity index (χ1n) is 6.14. The maximum absolute atomic E-state index is 6.12. The second-order valence-corrected chi connectivity index (χ2v) is 19.9. The summed E-state index contributed by atoms with van der Waals surface area (Å²) in [5, 5.41) is 0. The fourth-order valence-corrected chi connectivity index (χ4v) is 10.3. The number of hydrogen-bond acceptors (Lipinski definition) is 2. The van der Waals surface area contributed by atoms with E-state index in [9.17, 15) is 0 Å². The van der Waals surface area contributed by atoms with E-state index in [1.54, 1.807) is 0 Å². The predicted molar refractivity (Wildman–Crippen MR) is 81.8 cm³/mol. The third kappa shape index (κ3) is 6.54. The zero-order valence-electron chi connectivity index (χ0n) is 11.1. The number of halogens is 3. The number of terminal acetylenes is 1. The summed E-state index contributed by atoms with van der Waals surface area (Å²) in [4.78, 5) is 0. The van der Waals surface area contributed by atoms with Gasteiger partial charge in [-0.05, 0) is 0 Å². The van der Waals surface area contributed by atoms with Gasteiger partial charge < -0.3 is 0 Å². The summed E-state index contributed by atoms with van der Waals surface area (Å²) < 4.78 is 13.2. The molecule has 0 bridgehead atoms. The van der Waals surface area contributed by atoms with Gasteiger partial charge in [0.2, 0.25) is 0 Å². The fourth-order valence-electron chi connectivity index (χ4n) is 1.65. The number of ether oxygens (including phenoxy) is 1. The van der Waals surface area contributed by atoms with Gasteiger partial charge in [0.05, 0.1) is 0 Å².